The molecule has 0 aliphatic carbocycles. The number of benzene rings is 2. The maximum Gasteiger partial charge on any atom is 0.349 e. The molecule has 11 heteroatoms. The van der Waals surface area contributed by atoms with E-state index in [1.54, 1.807) is 24.1 Å². The minimum absolute atomic E-state index is 0.181. The minimum Gasteiger partial charge on any atom is -0.496 e. The van der Waals surface area contributed by atoms with E-state index in [-0.39, 0.29) is 15.7 Å². The fourth-order valence-corrected chi connectivity index (χ4v) is 3.78. The van der Waals surface area contributed by atoms with E-state index in [1.807, 2.05) is 24.0 Å². The van der Waals surface area contributed by atoms with E-state index < -0.39 is 16.9 Å². The molecule has 30 heavy (non-hydrogen) atoms. The number of nitrogens with zero attached hydrogens (tertiary/aromatic N) is 5. The first kappa shape index (κ1) is 19.7. The minimum atomic E-state index is -0.874. The third-order valence-electron chi connectivity index (χ3n) is 4.58. The molecule has 0 amide bonds. The topological polar surface area (TPSA) is 119 Å². The number of H-pyrrole nitrogens is 1. The summed E-state index contributed by atoms with van der Waals surface area (Å²) in [6, 6.07) is 8.17. The lowest BCUT2D eigenvalue weighted by molar-refractivity contribution is 0.412. The van der Waals surface area contributed by atoms with Crippen LogP contribution in [0.15, 0.2) is 40.1 Å². The molecule has 150 valence electrons. The van der Waals surface area contributed by atoms with Crippen LogP contribution < -0.4 is 16.0 Å². The second kappa shape index (κ2) is 7.33. The molecule has 2 aromatic heterocycles. The van der Waals surface area contributed by atoms with Gasteiger partial charge in [0, 0.05) is 10.9 Å². The van der Waals surface area contributed by atoms with Gasteiger partial charge in [-0.2, -0.15) is 15.0 Å². The van der Waals surface area contributed by atoms with Crippen molar-refractivity contribution in [2.24, 2.45) is 0 Å². The Morgan fingerprint density at radius 3 is 2.50 bits per heavy atom. The molecule has 0 aliphatic heterocycles. The number of hydrogen-bond donors (Lipinski definition) is 1. The predicted octanol–water partition coefficient (Wildman–Crippen LogP) is 2.76. The third-order valence-corrected chi connectivity index (χ3v) is 5.16. The van der Waals surface area contributed by atoms with E-state index in [0.717, 1.165) is 26.9 Å². The summed E-state index contributed by atoms with van der Waals surface area (Å²) in [6.45, 7) is 1.92. The SMILES string of the molecule is COc1ccc2c(cnn2-c2c(Cl)cc(-n3nc(C#N)c(=O)[nH]c3=O)cc2Cl)c1C. The largest absolute Gasteiger partial charge is 0.496 e. The molecule has 1 N–H and O–H groups in total. The Bertz CT molecular complexity index is 1460. The van der Waals surface area contributed by atoms with Crippen LogP contribution in [0.3, 0.4) is 0 Å². The lowest BCUT2D eigenvalue weighted by atomic mass is 10.1. The Morgan fingerprint density at radius 2 is 1.87 bits per heavy atom. The Balaban J connectivity index is 1.91. The Kier molecular flexibility index (Phi) is 4.81. The van der Waals surface area contributed by atoms with Crippen molar-refractivity contribution in [2.75, 3.05) is 7.11 Å². The maximum absolute atomic E-state index is 12.1. The number of fused-ring (bicyclic) bond motifs is 1. The monoisotopic (exact) mass is 442 g/mol. The van der Waals surface area contributed by atoms with Crippen LogP contribution in [0.5, 0.6) is 5.75 Å². The van der Waals surface area contributed by atoms with Crippen molar-refractivity contribution in [3.05, 3.63) is 72.6 Å². The van der Waals surface area contributed by atoms with Crippen molar-refractivity contribution < 1.29 is 4.74 Å². The fraction of sp³-hybridized carbons (Fsp3) is 0.105. The van der Waals surface area contributed by atoms with Gasteiger partial charge in [-0.1, -0.05) is 23.2 Å². The van der Waals surface area contributed by atoms with Gasteiger partial charge in [-0.3, -0.25) is 9.78 Å². The molecule has 0 saturated carbocycles. The summed E-state index contributed by atoms with van der Waals surface area (Å²) in [5, 5.41) is 18.4. The fourth-order valence-electron chi connectivity index (χ4n) is 3.14. The van der Waals surface area contributed by atoms with Crippen molar-refractivity contribution in [3.8, 4) is 23.2 Å². The average molecular weight is 443 g/mol. The number of halogens is 2. The Morgan fingerprint density at radius 1 is 1.17 bits per heavy atom. The smallest absolute Gasteiger partial charge is 0.349 e. The maximum atomic E-state index is 12.1. The quantitative estimate of drug-likeness (QED) is 0.520. The van der Waals surface area contributed by atoms with Crippen molar-refractivity contribution in [1.29, 1.82) is 5.26 Å². The Hall–Kier alpha value is -3.61. The first-order chi connectivity index (χ1) is 14.3. The second-order valence-electron chi connectivity index (χ2n) is 6.27. The molecule has 0 saturated heterocycles. The predicted molar refractivity (Wildman–Crippen MR) is 111 cm³/mol. The number of nitriles is 1. The lowest BCUT2D eigenvalue weighted by Crippen LogP contribution is -2.33. The van der Waals surface area contributed by atoms with Gasteiger partial charge in [0.25, 0.3) is 5.56 Å². The van der Waals surface area contributed by atoms with E-state index in [2.05, 4.69) is 10.2 Å². The molecular weight excluding hydrogens is 431 g/mol. The number of ether oxygens (including phenoxy) is 1. The first-order valence-corrected chi connectivity index (χ1v) is 9.26. The van der Waals surface area contributed by atoms with E-state index in [1.165, 1.54) is 12.1 Å². The normalized spacial score (nSPS) is 10.9. The number of aromatic nitrogens is 5. The van der Waals surface area contributed by atoms with E-state index in [4.69, 9.17) is 33.2 Å². The molecule has 4 rings (SSSR count). The summed E-state index contributed by atoms with van der Waals surface area (Å²) in [5.74, 6) is 0.728. The lowest BCUT2D eigenvalue weighted by Gasteiger charge is -2.12. The summed E-state index contributed by atoms with van der Waals surface area (Å²) < 4.78 is 7.77. The zero-order valence-electron chi connectivity index (χ0n) is 15.6. The van der Waals surface area contributed by atoms with Gasteiger partial charge in [-0.25, -0.2) is 9.48 Å². The molecule has 0 unspecified atom stereocenters. The summed E-state index contributed by atoms with van der Waals surface area (Å²) in [6.07, 6.45) is 1.68. The number of aryl methyl sites for hydroxylation is 1. The summed E-state index contributed by atoms with van der Waals surface area (Å²) in [7, 11) is 1.59. The van der Waals surface area contributed by atoms with E-state index in [0.29, 0.717) is 5.69 Å². The summed E-state index contributed by atoms with van der Waals surface area (Å²) >= 11 is 13.0. The van der Waals surface area contributed by atoms with E-state index in [9.17, 15) is 9.59 Å². The van der Waals surface area contributed by atoms with Gasteiger partial charge in [0.2, 0.25) is 5.69 Å². The number of aromatic amines is 1. The molecule has 2 heterocycles. The van der Waals surface area contributed by atoms with Crippen LogP contribution in [0.1, 0.15) is 11.3 Å². The molecule has 0 fully saturated rings. The molecule has 9 nitrogen and oxygen atoms in total. The van der Waals surface area contributed by atoms with Gasteiger partial charge in [0.15, 0.2) is 0 Å². The van der Waals surface area contributed by atoms with Gasteiger partial charge in [-0.15, -0.1) is 5.10 Å². The van der Waals surface area contributed by atoms with E-state index >= 15 is 0 Å². The zero-order valence-corrected chi connectivity index (χ0v) is 17.1. The summed E-state index contributed by atoms with van der Waals surface area (Å²) in [4.78, 5) is 25.7. The van der Waals surface area contributed by atoms with Crippen LogP contribution in [-0.4, -0.2) is 31.7 Å². The van der Waals surface area contributed by atoms with Gasteiger partial charge < -0.3 is 4.74 Å². The van der Waals surface area contributed by atoms with Crippen LogP contribution >= 0.6 is 23.2 Å². The molecular formula is C19H12Cl2N6O3. The molecule has 0 spiro atoms. The van der Waals surface area contributed by atoms with Crippen molar-refractivity contribution in [1.82, 2.24) is 24.5 Å². The zero-order chi connectivity index (χ0) is 21.6. The highest BCUT2D eigenvalue weighted by atomic mass is 35.5. The molecule has 0 radical (unpaired) electrons. The molecule has 0 aliphatic rings. The summed E-state index contributed by atoms with van der Waals surface area (Å²) in [5.41, 5.74) is 0.0930. The van der Waals surface area contributed by atoms with Crippen molar-refractivity contribution in [2.45, 2.75) is 6.92 Å². The molecule has 0 atom stereocenters. The standard InChI is InChI=1S/C19H12Cl2N6O3/c1-9-11-8-23-27(15(11)3-4-16(9)30-2)17-12(20)5-10(6-13(17)21)26-19(29)24-18(28)14(7-22)25-26/h3-6,8H,1-2H3,(H,24,28,29). The number of rotatable bonds is 3. The van der Waals surface area contributed by atoms with Crippen molar-refractivity contribution >= 4 is 34.1 Å². The van der Waals surface area contributed by atoms with Gasteiger partial charge in [0.1, 0.15) is 17.5 Å². The molecule has 4 aromatic rings. The van der Waals surface area contributed by atoms with Crippen LogP contribution in [0.2, 0.25) is 10.0 Å². The third kappa shape index (κ3) is 3.03. The van der Waals surface area contributed by atoms with Gasteiger partial charge in [0.05, 0.1) is 34.6 Å². The van der Waals surface area contributed by atoms with Gasteiger partial charge in [-0.05, 0) is 31.2 Å². The Labute approximate surface area is 178 Å². The molecule has 2 aromatic carbocycles. The number of methoxy groups -OCH3 is 1. The van der Waals surface area contributed by atoms with Gasteiger partial charge >= 0.3 is 5.69 Å². The first-order valence-electron chi connectivity index (χ1n) is 8.50. The highest BCUT2D eigenvalue weighted by Crippen LogP contribution is 2.35. The second-order valence-corrected chi connectivity index (χ2v) is 7.09. The van der Waals surface area contributed by atoms with Crippen LogP contribution in [0, 0.1) is 18.3 Å². The van der Waals surface area contributed by atoms with Crippen LogP contribution in [0.4, 0.5) is 0 Å². The highest BCUT2D eigenvalue weighted by molar-refractivity contribution is 6.38. The molecule has 0 bridgehead atoms. The highest BCUT2D eigenvalue weighted by Gasteiger charge is 2.18. The average Bonchev–Trinajstić information content (AvgIpc) is 3.12. The number of nitrogens with one attached hydrogen (secondary N) is 1. The van der Waals surface area contributed by atoms with Crippen LogP contribution in [-0.2, 0) is 0 Å². The van der Waals surface area contributed by atoms with Crippen molar-refractivity contribution in [3.63, 3.8) is 0 Å². The van der Waals surface area contributed by atoms with Crippen LogP contribution in [0.25, 0.3) is 22.3 Å². The number of hydrogen-bond acceptors (Lipinski definition) is 6.